The summed E-state index contributed by atoms with van der Waals surface area (Å²) in [5, 5.41) is 6.69. The lowest BCUT2D eigenvalue weighted by Crippen LogP contribution is -2.20. The summed E-state index contributed by atoms with van der Waals surface area (Å²) in [6.07, 6.45) is 6.19. The van der Waals surface area contributed by atoms with Gasteiger partial charge in [-0.1, -0.05) is 146 Å². The Kier molecular flexibility index (Phi) is 7.29. The van der Waals surface area contributed by atoms with Crippen LogP contribution in [0, 0.1) is 0 Å². The van der Waals surface area contributed by atoms with Crippen molar-refractivity contribution in [2.75, 3.05) is 0 Å². The molecule has 5 heteroatoms. The number of rotatable bonds is 5. The van der Waals surface area contributed by atoms with Gasteiger partial charge in [-0.05, 0) is 86.3 Å². The summed E-state index contributed by atoms with van der Waals surface area (Å²) in [4.78, 5) is 15.9. The van der Waals surface area contributed by atoms with E-state index in [4.69, 9.17) is 24.1 Å². The second-order valence-electron chi connectivity index (χ2n) is 15.0. The Bertz CT molecular complexity index is 3340. The molecule has 0 saturated carbocycles. The highest BCUT2D eigenvalue weighted by molar-refractivity contribution is 6.13. The van der Waals surface area contributed by atoms with E-state index in [2.05, 4.69) is 158 Å². The van der Waals surface area contributed by atoms with Gasteiger partial charge in [0.2, 0.25) is 0 Å². The van der Waals surface area contributed by atoms with Gasteiger partial charge in [-0.3, -0.25) is 0 Å². The van der Waals surface area contributed by atoms with Crippen molar-refractivity contribution in [3.63, 3.8) is 0 Å². The number of ether oxygens (including phenoxy) is 1. The third-order valence-electron chi connectivity index (χ3n) is 11.7. The highest BCUT2D eigenvalue weighted by atomic mass is 16.5. The van der Waals surface area contributed by atoms with Crippen molar-refractivity contribution in [3.05, 3.63) is 199 Å². The minimum Gasteiger partial charge on any atom is -0.485 e. The second kappa shape index (κ2) is 13.0. The standard InChI is InChI=1S/C53H33N3O2/c1-2-12-33(13-3-1)37-28-29-41(40-15-5-4-14-39(37)40)52-54-51(55-53(56-52)44-19-11-23-48-50(44)43-17-7-9-21-46(43)58-48)35-27-25-32-24-26-34(30-36(32)31-35)38-18-10-22-47-49(38)42-16-6-8-20-45(42)57-47/h1-31,48,50H. The molecule has 0 radical (unpaired) electrons. The maximum atomic E-state index is 6.44. The molecule has 0 N–H and O–H groups in total. The molecule has 0 bridgehead atoms. The van der Waals surface area contributed by atoms with Crippen LogP contribution in [-0.4, -0.2) is 21.1 Å². The molecule has 1 aliphatic carbocycles. The van der Waals surface area contributed by atoms with Crippen molar-refractivity contribution in [2.45, 2.75) is 12.0 Å². The van der Waals surface area contributed by atoms with E-state index in [0.29, 0.717) is 17.5 Å². The van der Waals surface area contributed by atoms with Gasteiger partial charge in [0, 0.05) is 33.0 Å². The number of benzene rings is 8. The Morgan fingerprint density at radius 2 is 1.14 bits per heavy atom. The van der Waals surface area contributed by atoms with E-state index < -0.39 is 0 Å². The maximum Gasteiger partial charge on any atom is 0.164 e. The molecule has 0 fully saturated rings. The van der Waals surface area contributed by atoms with Crippen LogP contribution in [0.25, 0.3) is 94.1 Å². The Morgan fingerprint density at radius 3 is 2.03 bits per heavy atom. The van der Waals surface area contributed by atoms with E-state index in [0.717, 1.165) is 82.6 Å². The average Bonchev–Trinajstić information content (AvgIpc) is 3.87. The SMILES string of the molecule is C1=CC2Oc3ccccc3C2C(c2nc(-c3ccc4ccc(-c5cccc6oc7ccccc7c56)cc4c3)nc(-c3ccc(-c4ccccc4)c4ccccc34)n2)=C1. The number of allylic oxidation sites excluding steroid dienone is 2. The van der Waals surface area contributed by atoms with Gasteiger partial charge in [0.1, 0.15) is 23.0 Å². The van der Waals surface area contributed by atoms with Crippen LogP contribution in [0.2, 0.25) is 0 Å². The van der Waals surface area contributed by atoms with Crippen molar-refractivity contribution in [1.29, 1.82) is 0 Å². The first-order chi connectivity index (χ1) is 28.7. The highest BCUT2D eigenvalue weighted by Crippen LogP contribution is 2.48. The molecule has 10 aromatic rings. The van der Waals surface area contributed by atoms with Gasteiger partial charge in [-0.25, -0.2) is 15.0 Å². The Morgan fingerprint density at radius 1 is 0.448 bits per heavy atom. The molecule has 2 aromatic heterocycles. The van der Waals surface area contributed by atoms with Gasteiger partial charge in [-0.15, -0.1) is 0 Å². The number of nitrogens with zero attached hydrogens (tertiary/aromatic N) is 3. The van der Waals surface area contributed by atoms with Gasteiger partial charge < -0.3 is 9.15 Å². The molecule has 3 heterocycles. The number of aromatic nitrogens is 3. The van der Waals surface area contributed by atoms with Crippen LogP contribution in [0.3, 0.4) is 0 Å². The molecule has 0 saturated heterocycles. The topological polar surface area (TPSA) is 61.0 Å². The number of fused-ring (bicyclic) bond motifs is 8. The normalized spacial score (nSPS) is 15.8. The maximum absolute atomic E-state index is 6.44. The molecule has 5 nitrogen and oxygen atoms in total. The van der Waals surface area contributed by atoms with Crippen molar-refractivity contribution in [3.8, 4) is 50.8 Å². The lowest BCUT2D eigenvalue weighted by Gasteiger charge is -2.22. The monoisotopic (exact) mass is 743 g/mol. The number of para-hydroxylation sites is 2. The lowest BCUT2D eigenvalue weighted by atomic mass is 9.84. The molecule has 2 atom stereocenters. The quantitative estimate of drug-likeness (QED) is 0.176. The highest BCUT2D eigenvalue weighted by Gasteiger charge is 2.38. The number of furan rings is 1. The molecular weight excluding hydrogens is 711 g/mol. The molecule has 12 rings (SSSR count). The summed E-state index contributed by atoms with van der Waals surface area (Å²) >= 11 is 0. The van der Waals surface area contributed by atoms with Gasteiger partial charge in [0.25, 0.3) is 0 Å². The van der Waals surface area contributed by atoms with E-state index in [1.807, 2.05) is 30.3 Å². The first-order valence-electron chi connectivity index (χ1n) is 19.7. The van der Waals surface area contributed by atoms with Gasteiger partial charge in [0.05, 0.1) is 5.92 Å². The van der Waals surface area contributed by atoms with Crippen molar-refractivity contribution < 1.29 is 9.15 Å². The van der Waals surface area contributed by atoms with Crippen LogP contribution >= 0.6 is 0 Å². The Hall–Kier alpha value is -7.63. The van der Waals surface area contributed by atoms with E-state index in [9.17, 15) is 0 Å². The molecule has 0 spiro atoms. The Balaban J connectivity index is 1.05. The molecule has 8 aromatic carbocycles. The molecule has 272 valence electrons. The fourth-order valence-corrected chi connectivity index (χ4v) is 9.00. The van der Waals surface area contributed by atoms with Crippen LogP contribution in [0.15, 0.2) is 193 Å². The summed E-state index contributed by atoms with van der Waals surface area (Å²) in [5.41, 5.74) is 10.4. The van der Waals surface area contributed by atoms with Crippen LogP contribution in [0.1, 0.15) is 17.3 Å². The summed E-state index contributed by atoms with van der Waals surface area (Å²) in [7, 11) is 0. The molecular formula is C53H33N3O2. The minimum atomic E-state index is -0.136. The van der Waals surface area contributed by atoms with Crippen molar-refractivity contribution in [1.82, 2.24) is 15.0 Å². The largest absolute Gasteiger partial charge is 0.485 e. The lowest BCUT2D eigenvalue weighted by molar-refractivity contribution is 0.271. The molecule has 58 heavy (non-hydrogen) atoms. The molecule has 2 aliphatic rings. The average molecular weight is 744 g/mol. The van der Waals surface area contributed by atoms with Crippen LogP contribution in [0.4, 0.5) is 0 Å². The number of hydrogen-bond donors (Lipinski definition) is 0. The predicted octanol–water partition coefficient (Wildman–Crippen LogP) is 13.2. The minimum absolute atomic E-state index is 0.0395. The smallest absolute Gasteiger partial charge is 0.164 e. The molecule has 0 amide bonds. The van der Waals surface area contributed by atoms with Crippen LogP contribution < -0.4 is 4.74 Å². The third-order valence-corrected chi connectivity index (χ3v) is 11.7. The predicted molar refractivity (Wildman–Crippen MR) is 235 cm³/mol. The van der Waals surface area contributed by atoms with Crippen LogP contribution in [-0.2, 0) is 0 Å². The Labute approximate surface area is 334 Å². The fraction of sp³-hybridized carbons (Fsp3) is 0.0377. The van der Waals surface area contributed by atoms with E-state index in [1.54, 1.807) is 0 Å². The summed E-state index contributed by atoms with van der Waals surface area (Å²) in [6.45, 7) is 0. The van der Waals surface area contributed by atoms with Gasteiger partial charge in [0.15, 0.2) is 17.5 Å². The first kappa shape index (κ1) is 32.6. The number of hydrogen-bond acceptors (Lipinski definition) is 5. The van der Waals surface area contributed by atoms with Gasteiger partial charge in [-0.2, -0.15) is 0 Å². The first-order valence-corrected chi connectivity index (χ1v) is 19.7. The van der Waals surface area contributed by atoms with E-state index >= 15 is 0 Å². The summed E-state index contributed by atoms with van der Waals surface area (Å²) in [5.74, 6) is 2.75. The van der Waals surface area contributed by atoms with Crippen molar-refractivity contribution >= 4 is 49.1 Å². The van der Waals surface area contributed by atoms with Crippen LogP contribution in [0.5, 0.6) is 5.75 Å². The van der Waals surface area contributed by atoms with E-state index in [1.165, 1.54) is 11.1 Å². The van der Waals surface area contributed by atoms with Gasteiger partial charge >= 0.3 is 0 Å². The van der Waals surface area contributed by atoms with E-state index in [-0.39, 0.29) is 12.0 Å². The zero-order valence-corrected chi connectivity index (χ0v) is 31.2. The fourth-order valence-electron chi connectivity index (χ4n) is 9.00. The second-order valence-corrected chi connectivity index (χ2v) is 15.0. The zero-order chi connectivity index (χ0) is 38.2. The van der Waals surface area contributed by atoms with Crippen molar-refractivity contribution in [2.24, 2.45) is 0 Å². The molecule has 1 aliphatic heterocycles. The molecule has 2 unspecified atom stereocenters. The summed E-state index contributed by atoms with van der Waals surface area (Å²) in [6, 6.07) is 59.4. The third kappa shape index (κ3) is 5.21. The summed E-state index contributed by atoms with van der Waals surface area (Å²) < 4.78 is 12.7. The zero-order valence-electron chi connectivity index (χ0n) is 31.2.